The van der Waals surface area contributed by atoms with Crippen molar-refractivity contribution in [1.29, 1.82) is 0 Å². The Balaban J connectivity index is 0.00000160. The summed E-state index contributed by atoms with van der Waals surface area (Å²) in [4.78, 5) is 3.58. The molecule has 0 spiro atoms. The van der Waals surface area contributed by atoms with Gasteiger partial charge in [0.15, 0.2) is 0 Å². The van der Waals surface area contributed by atoms with Gasteiger partial charge in [-0.05, 0) is 79.9 Å². The van der Waals surface area contributed by atoms with Crippen molar-refractivity contribution in [3.63, 3.8) is 0 Å². The molecule has 2 aromatic rings. The van der Waals surface area contributed by atoms with Crippen LogP contribution in [0.25, 0.3) is 0 Å². The fourth-order valence-corrected chi connectivity index (χ4v) is 5.73. The summed E-state index contributed by atoms with van der Waals surface area (Å²) in [5.74, 6) is 1.56. The summed E-state index contributed by atoms with van der Waals surface area (Å²) in [6.45, 7) is 5.43. The molecule has 1 atom stereocenters. The average Bonchev–Trinajstić information content (AvgIpc) is 2.95. The van der Waals surface area contributed by atoms with Crippen LogP contribution < -0.4 is 5.32 Å². The lowest BCUT2D eigenvalue weighted by Crippen LogP contribution is -2.28. The Morgan fingerprint density at radius 1 is 0.933 bits per heavy atom. The minimum atomic E-state index is -0.863. The Morgan fingerprint density at radius 3 is 2.37 bits per heavy atom. The first-order chi connectivity index (χ1) is 13.8. The van der Waals surface area contributed by atoms with Gasteiger partial charge in [-0.2, -0.15) is 0 Å². The molecule has 2 aliphatic rings. The highest BCUT2D eigenvalue weighted by molar-refractivity contribution is 7.85. The number of halogens is 2. The molecule has 0 amide bonds. The maximum atomic E-state index is 12.8. The van der Waals surface area contributed by atoms with E-state index >= 15 is 0 Å². The van der Waals surface area contributed by atoms with Crippen LogP contribution in [0, 0.1) is 5.92 Å². The molecule has 166 valence electrons. The average molecular weight is 470 g/mol. The molecule has 1 N–H and O–H groups in total. The van der Waals surface area contributed by atoms with Gasteiger partial charge in [0.1, 0.15) is 0 Å². The largest absolute Gasteiger partial charge is 0.317 e. The summed E-state index contributed by atoms with van der Waals surface area (Å²) in [5.41, 5.74) is 4.23. The van der Waals surface area contributed by atoms with Crippen molar-refractivity contribution in [3.8, 4) is 0 Å². The second-order valence-corrected chi connectivity index (χ2v) is 9.79. The molecule has 3 nitrogen and oxygen atoms in total. The maximum absolute atomic E-state index is 12.8. The minimum absolute atomic E-state index is 0. The Hall–Kier alpha value is -0.910. The third-order valence-electron chi connectivity index (χ3n) is 6.25. The molecule has 0 radical (unpaired) electrons. The predicted octanol–water partition coefficient (Wildman–Crippen LogP) is 4.63. The van der Waals surface area contributed by atoms with Gasteiger partial charge in [-0.15, -0.1) is 24.8 Å². The second kappa shape index (κ2) is 12.8. The van der Waals surface area contributed by atoms with E-state index in [1.165, 1.54) is 29.5 Å². The van der Waals surface area contributed by atoms with E-state index in [9.17, 15) is 4.21 Å². The summed E-state index contributed by atoms with van der Waals surface area (Å²) in [5, 5.41) is 3.41. The zero-order chi connectivity index (χ0) is 19.2. The lowest BCUT2D eigenvalue weighted by Gasteiger charge is -2.22. The van der Waals surface area contributed by atoms with Gasteiger partial charge in [-0.3, -0.25) is 9.11 Å². The Kier molecular flexibility index (Phi) is 10.8. The molecule has 1 saturated heterocycles. The number of nitrogens with zero attached hydrogens (tertiary/aromatic N) is 1. The molecule has 0 bridgehead atoms. The lowest BCUT2D eigenvalue weighted by atomic mass is 9.96. The molecule has 2 aromatic carbocycles. The summed E-state index contributed by atoms with van der Waals surface area (Å²) in [7, 11) is -0.863. The van der Waals surface area contributed by atoms with Crippen molar-refractivity contribution < 1.29 is 4.21 Å². The van der Waals surface area contributed by atoms with Crippen LogP contribution in [0.1, 0.15) is 36.0 Å². The summed E-state index contributed by atoms with van der Waals surface area (Å²) >= 11 is 0. The first-order valence-corrected chi connectivity index (χ1v) is 12.1. The smallest absolute Gasteiger partial charge is 0.0529 e. The van der Waals surface area contributed by atoms with Crippen LogP contribution in [-0.2, 0) is 30.2 Å². The number of benzene rings is 2. The van der Waals surface area contributed by atoms with E-state index in [2.05, 4.69) is 58.7 Å². The van der Waals surface area contributed by atoms with Gasteiger partial charge in [-0.25, -0.2) is 0 Å². The monoisotopic (exact) mass is 468 g/mol. The van der Waals surface area contributed by atoms with E-state index in [1.54, 1.807) is 0 Å². The third kappa shape index (κ3) is 7.06. The van der Waals surface area contributed by atoms with Gasteiger partial charge in [0.2, 0.25) is 0 Å². The van der Waals surface area contributed by atoms with Gasteiger partial charge in [0.25, 0.3) is 0 Å². The van der Waals surface area contributed by atoms with Crippen LogP contribution >= 0.6 is 24.8 Å². The molecule has 0 aliphatic carbocycles. The fraction of sp³-hybridized carbons (Fsp3) is 0.500. The third-order valence-corrected chi connectivity index (χ3v) is 7.64. The van der Waals surface area contributed by atoms with Gasteiger partial charge >= 0.3 is 0 Å². The number of nitrogens with one attached hydrogen (secondary N) is 1. The summed E-state index contributed by atoms with van der Waals surface area (Å²) < 4.78 is 12.8. The van der Waals surface area contributed by atoms with Crippen molar-refractivity contribution >= 4 is 35.6 Å². The molecule has 2 heterocycles. The van der Waals surface area contributed by atoms with E-state index in [4.69, 9.17) is 0 Å². The molecule has 1 fully saturated rings. The first-order valence-electron chi connectivity index (χ1n) is 10.7. The maximum Gasteiger partial charge on any atom is 0.0529 e. The molecular formula is C24H34Cl2N2OS. The first kappa shape index (κ1) is 25.4. The van der Waals surface area contributed by atoms with Crippen LogP contribution in [0.3, 0.4) is 0 Å². The number of hydrogen-bond acceptors (Lipinski definition) is 3. The Bertz CT molecular complexity index is 797. The number of fused-ring (bicyclic) bond motifs is 1. The molecule has 6 heteroatoms. The normalized spacial score (nSPS) is 18.4. The van der Waals surface area contributed by atoms with Crippen LogP contribution in [0.15, 0.2) is 53.4 Å². The summed E-state index contributed by atoms with van der Waals surface area (Å²) in [6.07, 6.45) is 5.71. The highest BCUT2D eigenvalue weighted by atomic mass is 35.5. The minimum Gasteiger partial charge on any atom is -0.317 e. The van der Waals surface area contributed by atoms with Crippen molar-refractivity contribution in [3.05, 3.63) is 65.2 Å². The van der Waals surface area contributed by atoms with Gasteiger partial charge in [0.05, 0.1) is 10.8 Å². The highest BCUT2D eigenvalue weighted by Crippen LogP contribution is 2.23. The van der Waals surface area contributed by atoms with Gasteiger partial charge in [-0.1, -0.05) is 36.4 Å². The van der Waals surface area contributed by atoms with Crippen molar-refractivity contribution in [2.45, 2.75) is 43.5 Å². The quantitative estimate of drug-likeness (QED) is 0.670. The SMILES string of the molecule is Cl.Cl.O=S(CCC1CCNCC1)c1ccc2c(c1)CCN(Cc1ccccc1)CC2. The molecule has 0 aromatic heterocycles. The van der Waals surface area contributed by atoms with Crippen LogP contribution in [0.2, 0.25) is 0 Å². The van der Waals surface area contributed by atoms with E-state index < -0.39 is 10.8 Å². The van der Waals surface area contributed by atoms with Crippen molar-refractivity contribution in [2.24, 2.45) is 5.92 Å². The van der Waals surface area contributed by atoms with E-state index in [-0.39, 0.29) is 24.8 Å². The van der Waals surface area contributed by atoms with Crippen molar-refractivity contribution in [2.75, 3.05) is 31.9 Å². The van der Waals surface area contributed by atoms with Crippen LogP contribution in [0.5, 0.6) is 0 Å². The summed E-state index contributed by atoms with van der Waals surface area (Å²) in [6, 6.07) is 17.3. The zero-order valence-electron chi connectivity index (χ0n) is 17.6. The fourth-order valence-electron chi connectivity index (χ4n) is 4.45. The number of hydrogen-bond donors (Lipinski definition) is 1. The van der Waals surface area contributed by atoms with Gasteiger partial charge < -0.3 is 5.32 Å². The van der Waals surface area contributed by atoms with E-state index in [0.29, 0.717) is 0 Å². The standard InChI is InChI=1S/C24H32N2OS.2ClH/c27-28(17-12-20-8-13-25-14-9-20)24-7-6-22-10-15-26(16-11-23(22)18-24)19-21-4-2-1-3-5-21;;/h1-7,18,20,25H,8-17,19H2;2*1H. The van der Waals surface area contributed by atoms with E-state index in [1.807, 2.05) is 0 Å². The highest BCUT2D eigenvalue weighted by Gasteiger charge is 2.18. The number of rotatable bonds is 6. The molecular weight excluding hydrogens is 435 g/mol. The molecule has 2 aliphatic heterocycles. The molecule has 4 rings (SSSR count). The topological polar surface area (TPSA) is 32.3 Å². The molecule has 1 unspecified atom stereocenters. The lowest BCUT2D eigenvalue weighted by molar-refractivity contribution is 0.279. The van der Waals surface area contributed by atoms with Crippen LogP contribution in [-0.4, -0.2) is 41.0 Å². The second-order valence-electron chi connectivity index (χ2n) is 8.22. The van der Waals surface area contributed by atoms with Crippen LogP contribution in [0.4, 0.5) is 0 Å². The van der Waals surface area contributed by atoms with E-state index in [0.717, 1.165) is 68.6 Å². The van der Waals surface area contributed by atoms with Crippen molar-refractivity contribution in [1.82, 2.24) is 10.2 Å². The Morgan fingerprint density at radius 2 is 1.63 bits per heavy atom. The zero-order valence-corrected chi connectivity index (χ0v) is 20.0. The number of piperidine rings is 1. The predicted molar refractivity (Wildman–Crippen MR) is 132 cm³/mol. The molecule has 30 heavy (non-hydrogen) atoms. The molecule has 0 saturated carbocycles. The van der Waals surface area contributed by atoms with Gasteiger partial charge in [0, 0.05) is 30.3 Å². The Labute approximate surface area is 196 Å².